The Morgan fingerprint density at radius 1 is 1.29 bits per heavy atom. The minimum absolute atomic E-state index is 0.0221. The summed E-state index contributed by atoms with van der Waals surface area (Å²) in [5, 5.41) is 6.87. The van der Waals surface area contributed by atoms with Crippen LogP contribution in [0.2, 0.25) is 0 Å². The van der Waals surface area contributed by atoms with Crippen LogP contribution in [0.3, 0.4) is 0 Å². The van der Waals surface area contributed by atoms with Crippen LogP contribution < -0.4 is 5.32 Å². The van der Waals surface area contributed by atoms with Crippen LogP contribution in [0.25, 0.3) is 0 Å². The van der Waals surface area contributed by atoms with Crippen LogP contribution in [0.15, 0.2) is 4.52 Å². The summed E-state index contributed by atoms with van der Waals surface area (Å²) in [6, 6.07) is -0.457. The molecule has 1 amide bonds. The molecule has 0 radical (unpaired) electrons. The topological polar surface area (TPSA) is 92.5 Å². The van der Waals surface area contributed by atoms with Gasteiger partial charge in [-0.25, -0.2) is 8.42 Å². The molecule has 8 heteroatoms. The number of hydrogen-bond donors (Lipinski definition) is 1. The third kappa shape index (κ3) is 3.35. The molecule has 1 N–H and O–H groups in total. The first-order valence-corrected chi connectivity index (χ1v) is 10.3. The average Bonchev–Trinajstić information content (AvgIpc) is 3.19. The van der Waals surface area contributed by atoms with Crippen molar-refractivity contribution in [2.45, 2.75) is 51.6 Å². The van der Waals surface area contributed by atoms with Crippen molar-refractivity contribution in [2.24, 2.45) is 0 Å². The highest BCUT2D eigenvalue weighted by Gasteiger charge is 2.42. The highest BCUT2D eigenvalue weighted by molar-refractivity contribution is 7.91. The summed E-state index contributed by atoms with van der Waals surface area (Å²) in [5.74, 6) is 0.200. The summed E-state index contributed by atoms with van der Waals surface area (Å²) < 4.78 is 29.3. The van der Waals surface area contributed by atoms with Gasteiger partial charge in [0, 0.05) is 11.6 Å². The molecule has 24 heavy (non-hydrogen) atoms. The number of hydrogen-bond acceptors (Lipinski definition) is 6. The third-order valence-electron chi connectivity index (χ3n) is 5.17. The molecule has 1 aromatic rings. The monoisotopic (exact) mass is 355 g/mol. The second-order valence-electron chi connectivity index (χ2n) is 6.96. The number of rotatable bonds is 4. The van der Waals surface area contributed by atoms with Crippen LogP contribution in [0.5, 0.6) is 0 Å². The number of aromatic nitrogens is 1. The zero-order chi connectivity index (χ0) is 17.5. The minimum atomic E-state index is -3.11. The van der Waals surface area contributed by atoms with E-state index in [2.05, 4.69) is 15.4 Å². The maximum Gasteiger partial charge on any atom is 0.227 e. The number of carbonyl (C=O) groups is 1. The second kappa shape index (κ2) is 6.48. The smallest absolute Gasteiger partial charge is 0.227 e. The van der Waals surface area contributed by atoms with E-state index < -0.39 is 15.8 Å². The second-order valence-corrected chi connectivity index (χ2v) is 9.12. The van der Waals surface area contributed by atoms with Crippen molar-refractivity contribution >= 4 is 15.7 Å². The van der Waals surface area contributed by atoms with Gasteiger partial charge < -0.3 is 9.84 Å². The van der Waals surface area contributed by atoms with Crippen molar-refractivity contribution in [1.82, 2.24) is 15.4 Å². The van der Waals surface area contributed by atoms with Gasteiger partial charge in [0.1, 0.15) is 5.76 Å². The molecular formula is C16H25N3O4S. The molecule has 2 fully saturated rings. The van der Waals surface area contributed by atoms with Crippen molar-refractivity contribution < 1.29 is 17.7 Å². The van der Waals surface area contributed by atoms with E-state index >= 15 is 0 Å². The molecule has 3 rings (SSSR count). The molecule has 3 atom stereocenters. The molecule has 0 saturated carbocycles. The molecule has 1 aromatic heterocycles. The number of amides is 1. The molecule has 3 unspecified atom stereocenters. The van der Waals surface area contributed by atoms with Crippen molar-refractivity contribution in [1.29, 1.82) is 0 Å². The van der Waals surface area contributed by atoms with Gasteiger partial charge in [0.15, 0.2) is 9.84 Å². The van der Waals surface area contributed by atoms with Gasteiger partial charge in [-0.15, -0.1) is 0 Å². The normalized spacial score (nSPS) is 28.1. The molecular weight excluding hydrogens is 330 g/mol. The molecule has 2 saturated heterocycles. The average molecular weight is 355 g/mol. The summed E-state index contributed by atoms with van der Waals surface area (Å²) >= 11 is 0. The van der Waals surface area contributed by atoms with E-state index in [-0.39, 0.29) is 29.5 Å². The molecule has 134 valence electrons. The number of sulfone groups is 1. The number of nitrogens with zero attached hydrogens (tertiary/aromatic N) is 2. The van der Waals surface area contributed by atoms with E-state index in [1.807, 2.05) is 6.92 Å². The fraction of sp³-hybridized carbons (Fsp3) is 0.750. The number of aryl methyl sites for hydroxylation is 2. The fourth-order valence-electron chi connectivity index (χ4n) is 3.95. The van der Waals surface area contributed by atoms with Gasteiger partial charge in [-0.2, -0.15) is 0 Å². The summed E-state index contributed by atoms with van der Waals surface area (Å²) in [5.41, 5.74) is 1.48. The summed E-state index contributed by atoms with van der Waals surface area (Å²) in [7, 11) is -3.11. The number of likely N-dealkylation sites (tertiary alicyclic amines) is 1. The van der Waals surface area contributed by atoms with Crippen molar-refractivity contribution in [3.05, 3.63) is 17.0 Å². The Hall–Kier alpha value is -1.41. The minimum Gasteiger partial charge on any atom is -0.361 e. The van der Waals surface area contributed by atoms with E-state index in [0.29, 0.717) is 11.5 Å². The first kappa shape index (κ1) is 17.4. The molecule has 7 nitrogen and oxygen atoms in total. The van der Waals surface area contributed by atoms with E-state index in [9.17, 15) is 13.2 Å². The first-order chi connectivity index (χ1) is 11.3. The zero-order valence-corrected chi connectivity index (χ0v) is 15.2. The molecule has 2 aliphatic heterocycles. The molecule has 0 spiro atoms. The van der Waals surface area contributed by atoms with Crippen LogP contribution in [0, 0.1) is 13.8 Å². The zero-order valence-electron chi connectivity index (χ0n) is 14.4. The van der Waals surface area contributed by atoms with Crippen molar-refractivity contribution in [3.63, 3.8) is 0 Å². The lowest BCUT2D eigenvalue weighted by Crippen LogP contribution is -2.51. The quantitative estimate of drug-likeness (QED) is 0.858. The lowest BCUT2D eigenvalue weighted by atomic mass is 9.98. The molecule has 0 aromatic carbocycles. The Bertz CT molecular complexity index is 702. The van der Waals surface area contributed by atoms with Crippen LogP contribution in [-0.2, 0) is 14.6 Å². The van der Waals surface area contributed by atoms with Gasteiger partial charge >= 0.3 is 0 Å². The van der Waals surface area contributed by atoms with Gasteiger partial charge in [-0.05, 0) is 46.7 Å². The van der Waals surface area contributed by atoms with Gasteiger partial charge in [0.25, 0.3) is 0 Å². The Labute approximate surface area is 142 Å². The molecule has 0 aliphatic carbocycles. The number of nitrogens with one attached hydrogen (secondary N) is 1. The van der Waals surface area contributed by atoms with E-state index in [1.165, 1.54) is 0 Å². The Morgan fingerprint density at radius 2 is 1.96 bits per heavy atom. The van der Waals surface area contributed by atoms with Crippen LogP contribution in [-0.4, -0.2) is 61.1 Å². The van der Waals surface area contributed by atoms with Crippen LogP contribution >= 0.6 is 0 Å². The van der Waals surface area contributed by atoms with Crippen LogP contribution in [0.4, 0.5) is 0 Å². The standard InChI is InChI=1S/C16H25N3O4S/c1-10(15-11(2)18-23-12(15)3)16(20)17-13-8-24(21,22)9-14(13)19-6-4-5-7-19/h10,13-14H,4-9H2,1-3H3,(H,17,20). The maximum absolute atomic E-state index is 12.7. The summed E-state index contributed by atoms with van der Waals surface area (Å²) in [6.45, 7) is 7.21. The maximum atomic E-state index is 12.7. The number of carbonyl (C=O) groups excluding carboxylic acids is 1. The summed E-state index contributed by atoms with van der Waals surface area (Å²) in [6.07, 6.45) is 2.18. The van der Waals surface area contributed by atoms with Crippen molar-refractivity contribution in [2.75, 3.05) is 24.6 Å². The lowest BCUT2D eigenvalue weighted by Gasteiger charge is -2.29. The van der Waals surface area contributed by atoms with Crippen molar-refractivity contribution in [3.8, 4) is 0 Å². The van der Waals surface area contributed by atoms with Gasteiger partial charge in [0.05, 0.1) is 29.2 Å². The Morgan fingerprint density at radius 3 is 2.54 bits per heavy atom. The van der Waals surface area contributed by atoms with E-state index in [4.69, 9.17) is 4.52 Å². The van der Waals surface area contributed by atoms with Gasteiger partial charge in [-0.3, -0.25) is 9.69 Å². The first-order valence-electron chi connectivity index (χ1n) is 8.46. The molecule has 3 heterocycles. The lowest BCUT2D eigenvalue weighted by molar-refractivity contribution is -0.123. The highest BCUT2D eigenvalue weighted by Crippen LogP contribution is 2.26. The third-order valence-corrected chi connectivity index (χ3v) is 6.89. The van der Waals surface area contributed by atoms with Crippen LogP contribution in [0.1, 0.15) is 42.7 Å². The SMILES string of the molecule is Cc1noc(C)c1C(C)C(=O)NC1CS(=O)(=O)CC1N1CCCC1. The Kier molecular flexibility index (Phi) is 4.70. The predicted octanol–water partition coefficient (Wildman–Crippen LogP) is 0.773. The highest BCUT2D eigenvalue weighted by atomic mass is 32.2. The van der Waals surface area contributed by atoms with E-state index in [1.54, 1.807) is 13.8 Å². The summed E-state index contributed by atoms with van der Waals surface area (Å²) in [4.78, 5) is 14.9. The molecule has 0 bridgehead atoms. The van der Waals surface area contributed by atoms with Gasteiger partial charge in [-0.1, -0.05) is 5.16 Å². The fourth-order valence-corrected chi connectivity index (χ4v) is 5.90. The Balaban J connectivity index is 1.74. The predicted molar refractivity (Wildman–Crippen MR) is 89.6 cm³/mol. The largest absolute Gasteiger partial charge is 0.361 e. The van der Waals surface area contributed by atoms with E-state index in [0.717, 1.165) is 31.5 Å². The molecule has 2 aliphatic rings. The van der Waals surface area contributed by atoms with Gasteiger partial charge in [0.2, 0.25) is 5.91 Å².